The lowest BCUT2D eigenvalue weighted by Gasteiger charge is -2.26. The van der Waals surface area contributed by atoms with E-state index >= 15 is 0 Å². The molecule has 0 unspecified atom stereocenters. The van der Waals surface area contributed by atoms with Crippen molar-refractivity contribution in [3.8, 4) is 0 Å². The van der Waals surface area contributed by atoms with Crippen molar-refractivity contribution in [3.05, 3.63) is 29.8 Å². The number of rotatable bonds is 7. The van der Waals surface area contributed by atoms with Gasteiger partial charge in [-0.1, -0.05) is 26.0 Å². The number of primary sulfonamides is 1. The number of sulfonamides is 1. The molecule has 0 saturated heterocycles. The molecule has 0 aliphatic rings. The van der Waals surface area contributed by atoms with Crippen LogP contribution in [0.15, 0.2) is 29.2 Å². The summed E-state index contributed by atoms with van der Waals surface area (Å²) in [4.78, 5) is 14.0. The summed E-state index contributed by atoms with van der Waals surface area (Å²) in [6.45, 7) is 8.23. The molecule has 0 aliphatic heterocycles. The topological polar surface area (TPSA) is 92.5 Å². The van der Waals surface area contributed by atoms with Gasteiger partial charge < -0.3 is 5.32 Å². The zero-order chi connectivity index (χ0) is 17.8. The third kappa shape index (κ3) is 5.93. The fourth-order valence-corrected chi connectivity index (χ4v) is 2.60. The first-order chi connectivity index (χ1) is 10.5. The molecular formula is C16H27N3O3S. The van der Waals surface area contributed by atoms with Crippen molar-refractivity contribution < 1.29 is 13.2 Å². The Hall–Kier alpha value is -1.44. The highest BCUT2D eigenvalue weighted by molar-refractivity contribution is 7.89. The van der Waals surface area contributed by atoms with E-state index < -0.39 is 10.0 Å². The van der Waals surface area contributed by atoms with Crippen molar-refractivity contribution in [2.45, 2.75) is 44.7 Å². The van der Waals surface area contributed by atoms with Gasteiger partial charge >= 0.3 is 0 Å². The highest BCUT2D eigenvalue weighted by atomic mass is 32.2. The van der Waals surface area contributed by atoms with Gasteiger partial charge in [0.2, 0.25) is 15.9 Å². The number of nitrogens with two attached hydrogens (primary N) is 1. The van der Waals surface area contributed by atoms with Gasteiger partial charge in [0.25, 0.3) is 0 Å². The summed E-state index contributed by atoms with van der Waals surface area (Å²) in [5.41, 5.74) is 0.795. The van der Waals surface area contributed by atoms with Gasteiger partial charge in [-0.15, -0.1) is 0 Å². The number of carbonyl (C=O) groups is 1. The standard InChI is InChI=1S/C16H27N3O3S/c1-11(2)12(3)18-16(20)10-19(5)13(4)14-7-6-8-15(9-14)23(17,21)22/h6-9,11-13H,10H2,1-5H3,(H,18,20)(H2,17,21,22)/t12-,13-/m1/s1. The summed E-state index contributed by atoms with van der Waals surface area (Å²) in [7, 11) is -1.90. The van der Waals surface area contributed by atoms with E-state index in [1.54, 1.807) is 12.1 Å². The average Bonchev–Trinajstić information content (AvgIpc) is 2.45. The molecule has 3 N–H and O–H groups in total. The van der Waals surface area contributed by atoms with Crippen LogP contribution in [-0.2, 0) is 14.8 Å². The van der Waals surface area contributed by atoms with Crippen molar-refractivity contribution in [2.75, 3.05) is 13.6 Å². The molecule has 23 heavy (non-hydrogen) atoms. The molecule has 7 heteroatoms. The Morgan fingerprint density at radius 1 is 1.26 bits per heavy atom. The lowest BCUT2D eigenvalue weighted by molar-refractivity contribution is -0.123. The van der Waals surface area contributed by atoms with Crippen LogP contribution in [0.2, 0.25) is 0 Å². The number of nitrogens with one attached hydrogen (secondary N) is 1. The second kappa shape index (κ2) is 7.90. The van der Waals surface area contributed by atoms with Gasteiger partial charge in [0.15, 0.2) is 0 Å². The molecule has 6 nitrogen and oxygen atoms in total. The molecule has 1 aromatic rings. The zero-order valence-electron chi connectivity index (χ0n) is 14.4. The number of benzene rings is 1. The second-order valence-electron chi connectivity index (χ2n) is 6.31. The first kappa shape index (κ1) is 19.6. The minimum atomic E-state index is -3.73. The monoisotopic (exact) mass is 341 g/mol. The second-order valence-corrected chi connectivity index (χ2v) is 7.87. The summed E-state index contributed by atoms with van der Waals surface area (Å²) in [6.07, 6.45) is 0. The van der Waals surface area contributed by atoms with Crippen molar-refractivity contribution >= 4 is 15.9 Å². The smallest absolute Gasteiger partial charge is 0.238 e. The molecule has 1 amide bonds. The fourth-order valence-electron chi connectivity index (χ4n) is 2.04. The molecule has 1 rings (SSSR count). The van der Waals surface area contributed by atoms with E-state index in [0.29, 0.717) is 5.92 Å². The van der Waals surface area contributed by atoms with E-state index in [1.807, 2.05) is 31.9 Å². The largest absolute Gasteiger partial charge is 0.352 e. The van der Waals surface area contributed by atoms with Crippen LogP contribution in [0.5, 0.6) is 0 Å². The molecule has 0 radical (unpaired) electrons. The van der Waals surface area contributed by atoms with E-state index in [0.717, 1.165) is 5.56 Å². The molecule has 0 heterocycles. The van der Waals surface area contributed by atoms with Crippen LogP contribution in [0, 0.1) is 5.92 Å². The Balaban J connectivity index is 2.77. The number of likely N-dealkylation sites (N-methyl/N-ethyl adjacent to an activating group) is 1. The Morgan fingerprint density at radius 3 is 2.39 bits per heavy atom. The summed E-state index contributed by atoms with van der Waals surface area (Å²) < 4.78 is 22.9. The zero-order valence-corrected chi connectivity index (χ0v) is 15.2. The molecule has 0 saturated carbocycles. The van der Waals surface area contributed by atoms with E-state index in [2.05, 4.69) is 19.2 Å². The van der Waals surface area contributed by atoms with Gasteiger partial charge in [0, 0.05) is 12.1 Å². The van der Waals surface area contributed by atoms with Crippen molar-refractivity contribution in [3.63, 3.8) is 0 Å². The van der Waals surface area contributed by atoms with Crippen LogP contribution in [0.25, 0.3) is 0 Å². The predicted octanol–water partition coefficient (Wildman–Crippen LogP) is 1.49. The molecule has 1 aromatic carbocycles. The normalized spacial score (nSPS) is 14.8. The van der Waals surface area contributed by atoms with Crippen molar-refractivity contribution in [1.29, 1.82) is 0 Å². The maximum atomic E-state index is 12.1. The van der Waals surface area contributed by atoms with Gasteiger partial charge in [-0.3, -0.25) is 9.69 Å². The van der Waals surface area contributed by atoms with Gasteiger partial charge in [-0.05, 0) is 44.5 Å². The lowest BCUT2D eigenvalue weighted by Crippen LogP contribution is -2.42. The molecule has 2 atom stereocenters. The molecule has 130 valence electrons. The first-order valence-corrected chi connectivity index (χ1v) is 9.19. The number of nitrogens with zero attached hydrogens (tertiary/aromatic N) is 1. The first-order valence-electron chi connectivity index (χ1n) is 7.64. The Kier molecular flexibility index (Phi) is 6.73. The number of hydrogen-bond acceptors (Lipinski definition) is 4. The van der Waals surface area contributed by atoms with Crippen LogP contribution in [0.3, 0.4) is 0 Å². The highest BCUT2D eigenvalue weighted by Gasteiger charge is 2.18. The number of hydrogen-bond donors (Lipinski definition) is 2. The third-order valence-electron chi connectivity index (χ3n) is 4.11. The van der Waals surface area contributed by atoms with Gasteiger partial charge in [-0.25, -0.2) is 13.6 Å². The predicted molar refractivity (Wildman–Crippen MR) is 91.3 cm³/mol. The lowest BCUT2D eigenvalue weighted by atomic mass is 10.1. The van der Waals surface area contributed by atoms with E-state index in [4.69, 9.17) is 5.14 Å². The minimum Gasteiger partial charge on any atom is -0.352 e. The Morgan fingerprint density at radius 2 is 1.87 bits per heavy atom. The summed E-state index contributed by atoms with van der Waals surface area (Å²) >= 11 is 0. The van der Waals surface area contributed by atoms with Crippen LogP contribution < -0.4 is 10.5 Å². The maximum absolute atomic E-state index is 12.1. The molecular weight excluding hydrogens is 314 g/mol. The van der Waals surface area contributed by atoms with E-state index in [9.17, 15) is 13.2 Å². The van der Waals surface area contributed by atoms with Crippen molar-refractivity contribution in [1.82, 2.24) is 10.2 Å². The molecule has 0 fully saturated rings. The average molecular weight is 341 g/mol. The number of amides is 1. The quantitative estimate of drug-likeness (QED) is 0.786. The van der Waals surface area contributed by atoms with E-state index in [1.165, 1.54) is 6.07 Å². The van der Waals surface area contributed by atoms with Crippen LogP contribution in [-0.4, -0.2) is 38.9 Å². The van der Waals surface area contributed by atoms with Gasteiger partial charge in [0.1, 0.15) is 0 Å². The van der Waals surface area contributed by atoms with Gasteiger partial charge in [0.05, 0.1) is 11.4 Å². The molecule has 0 aliphatic carbocycles. The van der Waals surface area contributed by atoms with Crippen molar-refractivity contribution in [2.24, 2.45) is 11.1 Å². The maximum Gasteiger partial charge on any atom is 0.238 e. The molecule has 0 bridgehead atoms. The Bertz CT molecular complexity index is 644. The highest BCUT2D eigenvalue weighted by Crippen LogP contribution is 2.21. The van der Waals surface area contributed by atoms with E-state index in [-0.39, 0.29) is 29.4 Å². The summed E-state index contributed by atoms with van der Waals surface area (Å²) in [5, 5.41) is 8.12. The number of carbonyl (C=O) groups excluding carboxylic acids is 1. The SMILES string of the molecule is CC(C)[C@@H](C)NC(=O)CN(C)[C@H](C)c1cccc(S(N)(=O)=O)c1. The summed E-state index contributed by atoms with van der Waals surface area (Å²) in [6, 6.07) is 6.48. The fraction of sp³-hybridized carbons (Fsp3) is 0.562. The van der Waals surface area contributed by atoms with Gasteiger partial charge in [-0.2, -0.15) is 0 Å². The van der Waals surface area contributed by atoms with Crippen LogP contribution in [0.4, 0.5) is 0 Å². The summed E-state index contributed by atoms with van der Waals surface area (Å²) in [5.74, 6) is 0.316. The van der Waals surface area contributed by atoms with Crippen LogP contribution in [0.1, 0.15) is 39.3 Å². The molecule has 0 aromatic heterocycles. The minimum absolute atomic E-state index is 0.0526. The molecule has 0 spiro atoms. The van der Waals surface area contributed by atoms with Crippen LogP contribution >= 0.6 is 0 Å². The Labute approximate surface area is 139 Å². The third-order valence-corrected chi connectivity index (χ3v) is 5.02.